The molecule has 112 valence electrons. The van der Waals surface area contributed by atoms with Crippen LogP contribution in [0.4, 0.5) is 4.39 Å². The molecule has 3 nitrogen and oxygen atoms in total. The molecule has 1 heterocycles. The number of nitrogens with zero attached hydrogens (tertiary/aromatic N) is 1. The summed E-state index contributed by atoms with van der Waals surface area (Å²) in [6, 6.07) is 6.65. The number of pyridine rings is 1. The van der Waals surface area contributed by atoms with Gasteiger partial charge in [-0.3, -0.25) is 4.98 Å². The van der Waals surface area contributed by atoms with E-state index in [9.17, 15) is 4.39 Å². The zero-order valence-corrected chi connectivity index (χ0v) is 12.9. The van der Waals surface area contributed by atoms with Crippen molar-refractivity contribution in [3.05, 3.63) is 59.2 Å². The van der Waals surface area contributed by atoms with Gasteiger partial charge in [-0.1, -0.05) is 6.07 Å². The molecule has 0 aliphatic heterocycles. The molecule has 1 aromatic carbocycles. The Hall–Kier alpha value is -1.94. The van der Waals surface area contributed by atoms with E-state index in [1.54, 1.807) is 24.5 Å². The third-order valence-electron chi connectivity index (χ3n) is 3.28. The molecular formula is C17H21FN2O. The SMILES string of the molecule is CNC(c1cncc(OC(C)C)c1)c1cc(F)ccc1C. The Kier molecular flexibility index (Phi) is 4.91. The Labute approximate surface area is 125 Å². The molecule has 0 aliphatic rings. The lowest BCUT2D eigenvalue weighted by Crippen LogP contribution is -2.19. The van der Waals surface area contributed by atoms with Crippen LogP contribution in [-0.4, -0.2) is 18.1 Å². The molecule has 1 unspecified atom stereocenters. The van der Waals surface area contributed by atoms with Gasteiger partial charge in [0.15, 0.2) is 0 Å². The number of aromatic nitrogens is 1. The molecule has 1 aromatic heterocycles. The van der Waals surface area contributed by atoms with Crippen molar-refractivity contribution in [1.29, 1.82) is 0 Å². The summed E-state index contributed by atoms with van der Waals surface area (Å²) in [6.45, 7) is 5.92. The van der Waals surface area contributed by atoms with Gasteiger partial charge >= 0.3 is 0 Å². The summed E-state index contributed by atoms with van der Waals surface area (Å²) in [7, 11) is 1.85. The number of nitrogens with one attached hydrogen (secondary N) is 1. The van der Waals surface area contributed by atoms with Gasteiger partial charge in [-0.25, -0.2) is 4.39 Å². The number of aryl methyl sites for hydroxylation is 1. The predicted octanol–water partition coefficient (Wildman–Crippen LogP) is 3.63. The topological polar surface area (TPSA) is 34.2 Å². The smallest absolute Gasteiger partial charge is 0.138 e. The highest BCUT2D eigenvalue weighted by molar-refractivity contribution is 5.38. The fourth-order valence-corrected chi connectivity index (χ4v) is 2.35. The van der Waals surface area contributed by atoms with E-state index >= 15 is 0 Å². The number of hydrogen-bond donors (Lipinski definition) is 1. The molecule has 0 radical (unpaired) electrons. The Balaban J connectivity index is 2.39. The third kappa shape index (κ3) is 3.79. The van der Waals surface area contributed by atoms with Crippen molar-refractivity contribution in [3.63, 3.8) is 0 Å². The molecule has 0 spiro atoms. The summed E-state index contributed by atoms with van der Waals surface area (Å²) in [4.78, 5) is 4.23. The molecule has 0 saturated carbocycles. The van der Waals surface area contributed by atoms with Gasteiger partial charge in [0.05, 0.1) is 18.3 Å². The van der Waals surface area contributed by atoms with Crippen LogP contribution in [0.1, 0.15) is 36.6 Å². The van der Waals surface area contributed by atoms with Crippen LogP contribution >= 0.6 is 0 Å². The zero-order chi connectivity index (χ0) is 15.4. The lowest BCUT2D eigenvalue weighted by atomic mass is 9.96. The Bertz CT molecular complexity index is 613. The van der Waals surface area contributed by atoms with Crippen LogP contribution in [0.25, 0.3) is 0 Å². The minimum Gasteiger partial charge on any atom is -0.489 e. The first kappa shape index (κ1) is 15.4. The van der Waals surface area contributed by atoms with Gasteiger partial charge in [-0.15, -0.1) is 0 Å². The van der Waals surface area contributed by atoms with Gasteiger partial charge < -0.3 is 10.1 Å². The highest BCUT2D eigenvalue weighted by Crippen LogP contribution is 2.27. The lowest BCUT2D eigenvalue weighted by molar-refractivity contribution is 0.241. The zero-order valence-electron chi connectivity index (χ0n) is 12.9. The predicted molar refractivity (Wildman–Crippen MR) is 82.0 cm³/mol. The van der Waals surface area contributed by atoms with Crippen LogP contribution in [0.3, 0.4) is 0 Å². The summed E-state index contributed by atoms with van der Waals surface area (Å²) >= 11 is 0. The Morgan fingerprint density at radius 3 is 2.62 bits per heavy atom. The average Bonchev–Trinajstić information content (AvgIpc) is 2.43. The second-order valence-electron chi connectivity index (χ2n) is 5.34. The molecule has 1 N–H and O–H groups in total. The van der Waals surface area contributed by atoms with Gasteiger partial charge in [-0.05, 0) is 62.7 Å². The quantitative estimate of drug-likeness (QED) is 0.912. The van der Waals surface area contributed by atoms with Gasteiger partial charge in [0.25, 0.3) is 0 Å². The van der Waals surface area contributed by atoms with Crippen molar-refractivity contribution in [2.24, 2.45) is 0 Å². The van der Waals surface area contributed by atoms with E-state index < -0.39 is 0 Å². The number of hydrogen-bond acceptors (Lipinski definition) is 3. The molecule has 0 fully saturated rings. The van der Waals surface area contributed by atoms with Crippen molar-refractivity contribution in [3.8, 4) is 5.75 Å². The first-order chi connectivity index (χ1) is 10.0. The molecule has 0 amide bonds. The first-order valence-electron chi connectivity index (χ1n) is 7.06. The number of rotatable bonds is 5. The van der Waals surface area contributed by atoms with E-state index in [0.29, 0.717) is 0 Å². The number of benzene rings is 1. The molecule has 2 rings (SSSR count). The van der Waals surface area contributed by atoms with Crippen LogP contribution in [-0.2, 0) is 0 Å². The monoisotopic (exact) mass is 288 g/mol. The molecule has 21 heavy (non-hydrogen) atoms. The maximum atomic E-state index is 13.5. The van der Waals surface area contributed by atoms with E-state index in [1.165, 1.54) is 6.07 Å². The van der Waals surface area contributed by atoms with Crippen molar-refractivity contribution in [2.75, 3.05) is 7.05 Å². The van der Waals surface area contributed by atoms with Gasteiger partial charge in [0.1, 0.15) is 11.6 Å². The van der Waals surface area contributed by atoms with Gasteiger partial charge in [-0.2, -0.15) is 0 Å². The average molecular weight is 288 g/mol. The second-order valence-corrected chi connectivity index (χ2v) is 5.34. The van der Waals surface area contributed by atoms with Crippen LogP contribution < -0.4 is 10.1 Å². The van der Waals surface area contributed by atoms with E-state index in [4.69, 9.17) is 4.74 Å². The van der Waals surface area contributed by atoms with Gasteiger partial charge in [0, 0.05) is 6.20 Å². The summed E-state index contributed by atoms with van der Waals surface area (Å²) in [5, 5.41) is 3.22. The summed E-state index contributed by atoms with van der Waals surface area (Å²) in [6.07, 6.45) is 3.55. The summed E-state index contributed by atoms with van der Waals surface area (Å²) in [5.74, 6) is 0.482. The lowest BCUT2D eigenvalue weighted by Gasteiger charge is -2.20. The Morgan fingerprint density at radius 2 is 1.95 bits per heavy atom. The molecule has 0 aliphatic carbocycles. The van der Waals surface area contributed by atoms with Crippen LogP contribution in [0.15, 0.2) is 36.7 Å². The van der Waals surface area contributed by atoms with Crippen molar-refractivity contribution < 1.29 is 9.13 Å². The van der Waals surface area contributed by atoms with Crippen molar-refractivity contribution in [2.45, 2.75) is 32.9 Å². The fraction of sp³-hybridized carbons (Fsp3) is 0.353. The number of halogens is 1. The van der Waals surface area contributed by atoms with E-state index in [2.05, 4.69) is 10.3 Å². The minimum atomic E-state index is -0.238. The first-order valence-corrected chi connectivity index (χ1v) is 7.06. The highest BCUT2D eigenvalue weighted by Gasteiger charge is 2.16. The fourth-order valence-electron chi connectivity index (χ4n) is 2.35. The molecule has 0 saturated heterocycles. The van der Waals surface area contributed by atoms with Crippen LogP contribution in [0.5, 0.6) is 5.75 Å². The molecular weight excluding hydrogens is 267 g/mol. The standard InChI is InChI=1S/C17H21FN2O/c1-11(2)21-15-7-13(9-20-10-15)17(19-4)16-8-14(18)6-5-12(16)3/h5-11,17,19H,1-4H3. The van der Waals surface area contributed by atoms with Crippen molar-refractivity contribution >= 4 is 0 Å². The minimum absolute atomic E-state index is 0.0889. The maximum absolute atomic E-state index is 13.5. The molecule has 4 heteroatoms. The van der Waals surface area contributed by atoms with Crippen LogP contribution in [0, 0.1) is 12.7 Å². The largest absolute Gasteiger partial charge is 0.489 e. The highest BCUT2D eigenvalue weighted by atomic mass is 19.1. The normalized spacial score (nSPS) is 12.5. The molecule has 2 aromatic rings. The van der Waals surface area contributed by atoms with E-state index in [1.807, 2.05) is 33.9 Å². The van der Waals surface area contributed by atoms with E-state index in [0.717, 1.165) is 22.4 Å². The molecule has 1 atom stereocenters. The third-order valence-corrected chi connectivity index (χ3v) is 3.28. The maximum Gasteiger partial charge on any atom is 0.138 e. The summed E-state index contributed by atoms with van der Waals surface area (Å²) in [5.41, 5.74) is 2.89. The number of ether oxygens (including phenoxy) is 1. The second kappa shape index (κ2) is 6.68. The summed E-state index contributed by atoms with van der Waals surface area (Å²) < 4.78 is 19.2. The van der Waals surface area contributed by atoms with Crippen molar-refractivity contribution in [1.82, 2.24) is 10.3 Å². The molecule has 0 bridgehead atoms. The van der Waals surface area contributed by atoms with Crippen LogP contribution in [0.2, 0.25) is 0 Å². The van der Waals surface area contributed by atoms with E-state index in [-0.39, 0.29) is 18.0 Å². The Morgan fingerprint density at radius 1 is 1.19 bits per heavy atom. The van der Waals surface area contributed by atoms with Gasteiger partial charge in [0.2, 0.25) is 0 Å².